The maximum absolute atomic E-state index is 12.5. The smallest absolute Gasteiger partial charge is 0.325 e. The van der Waals surface area contributed by atoms with Crippen LogP contribution in [0.2, 0.25) is 0 Å². The van der Waals surface area contributed by atoms with Gasteiger partial charge in [-0.05, 0) is 33.6 Å². The number of hydrogen-bond donors (Lipinski definition) is 8. The van der Waals surface area contributed by atoms with Crippen molar-refractivity contribution in [2.24, 2.45) is 5.73 Å². The molecule has 192 valence electrons. The number of nitrogens with one attached hydrogen (secondary N) is 4. The molecular weight excluding hydrogens is 458 g/mol. The van der Waals surface area contributed by atoms with Crippen LogP contribution in [0.25, 0.3) is 0 Å². The van der Waals surface area contributed by atoms with E-state index in [1.54, 1.807) is 0 Å². The van der Waals surface area contributed by atoms with Crippen LogP contribution in [0, 0.1) is 0 Å². The summed E-state index contributed by atoms with van der Waals surface area (Å²) in [6, 6.07) is -6.22. The predicted molar refractivity (Wildman–Crippen MR) is 114 cm³/mol. The highest BCUT2D eigenvalue weighted by Gasteiger charge is 2.28. The van der Waals surface area contributed by atoms with Gasteiger partial charge in [0.15, 0.2) is 0 Å². The number of carbonyl (C=O) groups excluding carboxylic acids is 4. The summed E-state index contributed by atoms with van der Waals surface area (Å²) < 4.78 is 0. The van der Waals surface area contributed by atoms with Gasteiger partial charge in [0, 0.05) is 12.8 Å². The van der Waals surface area contributed by atoms with Gasteiger partial charge < -0.3 is 42.3 Å². The lowest BCUT2D eigenvalue weighted by atomic mass is 10.1. The van der Waals surface area contributed by atoms with E-state index >= 15 is 0 Å². The fourth-order valence-corrected chi connectivity index (χ4v) is 2.41. The van der Waals surface area contributed by atoms with E-state index < -0.39 is 78.2 Å². The third-order valence-corrected chi connectivity index (χ3v) is 4.52. The van der Waals surface area contributed by atoms with Crippen molar-refractivity contribution in [3.8, 4) is 0 Å². The molecule has 0 heterocycles. The van der Waals surface area contributed by atoms with Crippen LogP contribution in [0.3, 0.4) is 0 Å². The second kappa shape index (κ2) is 14.4. The third-order valence-electron chi connectivity index (χ3n) is 4.52. The molecule has 0 aromatic rings. The Hall–Kier alpha value is -3.75. The minimum Gasteiger partial charge on any atom is -0.481 e. The van der Waals surface area contributed by atoms with Gasteiger partial charge in [0.1, 0.15) is 24.2 Å². The SMILES string of the molecule is C[C@H](NC(=O)[C@H](C)NC(=O)[C@H](CCC(=O)O)NC(=O)[C@H](C)NC(=O)[C@@H](N)CCC(=O)O)C(=O)O. The normalized spacial score (nSPS) is 14.9. The van der Waals surface area contributed by atoms with Gasteiger partial charge in [0.05, 0.1) is 6.04 Å². The fraction of sp³-hybridized carbons (Fsp3) is 0.632. The molecule has 0 aliphatic heterocycles. The maximum Gasteiger partial charge on any atom is 0.325 e. The molecule has 0 rings (SSSR count). The summed E-state index contributed by atoms with van der Waals surface area (Å²) in [6.45, 7) is 3.75. The first kappa shape index (κ1) is 30.2. The maximum atomic E-state index is 12.5. The molecule has 0 saturated heterocycles. The highest BCUT2D eigenvalue weighted by atomic mass is 16.4. The molecule has 9 N–H and O–H groups in total. The average molecular weight is 489 g/mol. The van der Waals surface area contributed by atoms with E-state index in [0.29, 0.717) is 0 Å². The second-order valence-corrected chi connectivity index (χ2v) is 7.56. The summed E-state index contributed by atoms with van der Waals surface area (Å²) in [5, 5.41) is 35.3. The molecule has 15 nitrogen and oxygen atoms in total. The zero-order valence-corrected chi connectivity index (χ0v) is 19.0. The Bertz CT molecular complexity index is 802. The van der Waals surface area contributed by atoms with E-state index in [2.05, 4.69) is 21.3 Å². The van der Waals surface area contributed by atoms with Crippen molar-refractivity contribution in [1.29, 1.82) is 0 Å². The van der Waals surface area contributed by atoms with E-state index in [1.807, 2.05) is 0 Å². The zero-order chi connectivity index (χ0) is 26.6. The summed E-state index contributed by atoms with van der Waals surface area (Å²) in [5.41, 5.74) is 5.57. The van der Waals surface area contributed by atoms with Crippen molar-refractivity contribution in [3.63, 3.8) is 0 Å². The van der Waals surface area contributed by atoms with Gasteiger partial charge in [0.25, 0.3) is 0 Å². The quantitative estimate of drug-likeness (QED) is 0.116. The third kappa shape index (κ3) is 11.8. The van der Waals surface area contributed by atoms with E-state index in [4.69, 9.17) is 21.1 Å². The Balaban J connectivity index is 5.11. The van der Waals surface area contributed by atoms with Crippen molar-refractivity contribution in [1.82, 2.24) is 21.3 Å². The molecule has 34 heavy (non-hydrogen) atoms. The first-order valence-electron chi connectivity index (χ1n) is 10.3. The molecule has 0 bridgehead atoms. The first-order valence-corrected chi connectivity index (χ1v) is 10.3. The van der Waals surface area contributed by atoms with Crippen LogP contribution < -0.4 is 27.0 Å². The Morgan fingerprint density at radius 3 is 1.50 bits per heavy atom. The molecule has 0 fully saturated rings. The van der Waals surface area contributed by atoms with Gasteiger partial charge in [-0.25, -0.2) is 0 Å². The van der Waals surface area contributed by atoms with Gasteiger partial charge in [-0.2, -0.15) is 0 Å². The summed E-state index contributed by atoms with van der Waals surface area (Å²) in [4.78, 5) is 81.3. The van der Waals surface area contributed by atoms with Crippen LogP contribution >= 0.6 is 0 Å². The van der Waals surface area contributed by atoms with Crippen LogP contribution in [0.15, 0.2) is 0 Å². The lowest BCUT2D eigenvalue weighted by Gasteiger charge is -2.23. The Kier molecular flexibility index (Phi) is 12.8. The lowest BCUT2D eigenvalue weighted by Crippen LogP contribution is -2.57. The molecule has 0 spiro atoms. The molecule has 0 aromatic carbocycles. The van der Waals surface area contributed by atoms with Crippen molar-refractivity contribution in [2.75, 3.05) is 0 Å². The lowest BCUT2D eigenvalue weighted by molar-refractivity contribution is -0.141. The largest absolute Gasteiger partial charge is 0.481 e. The van der Waals surface area contributed by atoms with Crippen LogP contribution in [0.4, 0.5) is 0 Å². The molecule has 0 unspecified atom stereocenters. The summed E-state index contributed by atoms with van der Waals surface area (Å²) in [5.74, 6) is -7.08. The summed E-state index contributed by atoms with van der Waals surface area (Å²) in [7, 11) is 0. The second-order valence-electron chi connectivity index (χ2n) is 7.56. The summed E-state index contributed by atoms with van der Waals surface area (Å²) >= 11 is 0. The van der Waals surface area contributed by atoms with Crippen LogP contribution in [-0.4, -0.2) is 87.1 Å². The molecule has 5 atom stereocenters. The highest BCUT2D eigenvalue weighted by molar-refractivity contribution is 5.95. The Morgan fingerprint density at radius 2 is 1.03 bits per heavy atom. The number of hydrogen-bond acceptors (Lipinski definition) is 8. The van der Waals surface area contributed by atoms with Gasteiger partial charge in [-0.1, -0.05) is 0 Å². The van der Waals surface area contributed by atoms with Gasteiger partial charge >= 0.3 is 17.9 Å². The minimum absolute atomic E-state index is 0.167. The molecule has 0 radical (unpaired) electrons. The number of carboxylic acids is 3. The van der Waals surface area contributed by atoms with E-state index in [-0.39, 0.29) is 19.3 Å². The highest BCUT2D eigenvalue weighted by Crippen LogP contribution is 2.02. The standard InChI is InChI=1S/C19H31N5O10/c1-8(15(29)23-10(3)19(33)34)22-18(32)12(5-7-14(27)28)24-16(30)9(2)21-17(31)11(20)4-6-13(25)26/h8-12H,4-7,20H2,1-3H3,(H,21,31)(H,22,32)(H,23,29)(H,24,30)(H,25,26)(H,27,28)(H,33,34)/t8-,9-,10-,11-,12-/m0/s1. The van der Waals surface area contributed by atoms with Crippen LogP contribution in [0.5, 0.6) is 0 Å². The topological polar surface area (TPSA) is 254 Å². The Morgan fingerprint density at radius 1 is 0.618 bits per heavy atom. The van der Waals surface area contributed by atoms with Crippen molar-refractivity contribution < 1.29 is 48.9 Å². The van der Waals surface area contributed by atoms with Gasteiger partial charge in [-0.3, -0.25) is 33.6 Å². The van der Waals surface area contributed by atoms with E-state index in [0.717, 1.165) is 0 Å². The predicted octanol–water partition coefficient (Wildman–Crippen LogP) is -2.87. The number of aliphatic carboxylic acids is 3. The molecule has 0 aliphatic rings. The molecule has 0 aliphatic carbocycles. The molecule has 4 amide bonds. The first-order chi connectivity index (χ1) is 15.6. The van der Waals surface area contributed by atoms with Crippen molar-refractivity contribution in [2.45, 2.75) is 76.7 Å². The van der Waals surface area contributed by atoms with Gasteiger partial charge in [-0.15, -0.1) is 0 Å². The molecular formula is C19H31N5O10. The van der Waals surface area contributed by atoms with Crippen molar-refractivity contribution >= 4 is 41.5 Å². The zero-order valence-electron chi connectivity index (χ0n) is 19.0. The monoisotopic (exact) mass is 489 g/mol. The molecule has 0 saturated carbocycles. The van der Waals surface area contributed by atoms with Gasteiger partial charge in [0.2, 0.25) is 23.6 Å². The average Bonchev–Trinajstić information content (AvgIpc) is 2.73. The Labute approximate surface area is 194 Å². The number of carboxylic acid groups (broad SMARTS) is 3. The van der Waals surface area contributed by atoms with E-state index in [9.17, 15) is 33.6 Å². The minimum atomic E-state index is -1.39. The van der Waals surface area contributed by atoms with E-state index in [1.165, 1.54) is 20.8 Å². The van der Waals surface area contributed by atoms with Crippen LogP contribution in [-0.2, 0) is 33.6 Å². The fourth-order valence-electron chi connectivity index (χ4n) is 2.41. The molecule has 15 heteroatoms. The number of amides is 4. The van der Waals surface area contributed by atoms with Crippen LogP contribution in [0.1, 0.15) is 46.5 Å². The molecule has 0 aromatic heterocycles. The number of nitrogens with two attached hydrogens (primary N) is 1. The summed E-state index contributed by atoms with van der Waals surface area (Å²) in [6.07, 6.45) is -1.37. The number of carbonyl (C=O) groups is 7. The number of rotatable bonds is 15. The van der Waals surface area contributed by atoms with Crippen molar-refractivity contribution in [3.05, 3.63) is 0 Å².